The van der Waals surface area contributed by atoms with Gasteiger partial charge in [-0.2, -0.15) is 0 Å². The van der Waals surface area contributed by atoms with E-state index in [-0.39, 0.29) is 5.82 Å². The summed E-state index contributed by atoms with van der Waals surface area (Å²) in [5.74, 6) is -0.121. The van der Waals surface area contributed by atoms with Crippen molar-refractivity contribution in [3.63, 3.8) is 0 Å². The van der Waals surface area contributed by atoms with E-state index in [1.807, 2.05) is 0 Å². The lowest BCUT2D eigenvalue weighted by Gasteiger charge is -2.10. The molecule has 29 heavy (non-hydrogen) atoms. The average Bonchev–Trinajstić information content (AvgIpc) is 3.25. The molecule has 1 aliphatic rings. The lowest BCUT2D eigenvalue weighted by atomic mass is 9.99. The Labute approximate surface area is 175 Å². The third-order valence-corrected chi connectivity index (χ3v) is 4.99. The fourth-order valence-corrected chi connectivity index (χ4v) is 3.33. The first-order valence-corrected chi connectivity index (χ1v) is 10.8. The Morgan fingerprint density at radius 1 is 1.17 bits per heavy atom. The highest BCUT2D eigenvalue weighted by molar-refractivity contribution is 5.66. The number of aliphatic carboxylic acids is 1. The number of unbranched alkanes of at least 4 members (excludes halogenated alkanes) is 3. The molecule has 4 nitrogen and oxygen atoms in total. The highest BCUT2D eigenvalue weighted by Gasteiger charge is 2.15. The number of rotatable bonds is 10. The van der Waals surface area contributed by atoms with Crippen molar-refractivity contribution in [3.8, 4) is 0 Å². The molecular weight excluding hydrogens is 371 g/mol. The normalized spacial score (nSPS) is 14.7. The second-order valence-electron chi connectivity index (χ2n) is 7.38. The fourth-order valence-electron chi connectivity index (χ4n) is 3.33. The molecule has 5 heteroatoms. The zero-order valence-corrected chi connectivity index (χ0v) is 18.0. The molecule has 2 rings (SSSR count). The van der Waals surface area contributed by atoms with E-state index >= 15 is 0 Å². The largest absolute Gasteiger partial charge is 0.481 e. The van der Waals surface area contributed by atoms with Crippen LogP contribution in [0.3, 0.4) is 0 Å². The summed E-state index contributed by atoms with van der Waals surface area (Å²) in [4.78, 5) is 9.96. The maximum Gasteiger partial charge on any atom is 0.303 e. The number of hydrogen-bond donors (Lipinski definition) is 3. The molecule has 0 bridgehead atoms. The number of hydrogen-bond acceptors (Lipinski definition) is 3. The number of halogens is 1. The van der Waals surface area contributed by atoms with E-state index in [4.69, 9.17) is 10.2 Å². The lowest BCUT2D eigenvalue weighted by molar-refractivity contribution is -0.137. The molecular formula is C24H39FO4. The van der Waals surface area contributed by atoms with Gasteiger partial charge in [0.25, 0.3) is 0 Å². The smallest absolute Gasteiger partial charge is 0.303 e. The van der Waals surface area contributed by atoms with Gasteiger partial charge >= 0.3 is 5.97 Å². The van der Waals surface area contributed by atoms with Crippen molar-refractivity contribution in [2.24, 2.45) is 5.92 Å². The van der Waals surface area contributed by atoms with Gasteiger partial charge in [-0.05, 0) is 31.2 Å². The number of aliphatic hydroxyl groups excluding tert-OH is 2. The van der Waals surface area contributed by atoms with Gasteiger partial charge in [-0.1, -0.05) is 82.2 Å². The molecule has 0 amide bonds. The van der Waals surface area contributed by atoms with Gasteiger partial charge in [0.1, 0.15) is 5.82 Å². The lowest BCUT2D eigenvalue weighted by Crippen LogP contribution is -2.05. The molecule has 1 unspecified atom stereocenters. The molecule has 0 radical (unpaired) electrons. The standard InChI is InChI=1S/C16H21FO.C7H14O2.CH4O/c17-16-8-4-3-7-14(16)10-12-15(18)11-9-13-5-1-2-6-13;1-2-3-4-5-6-7(8)9;1-2/h3-4,7-8,10,12-13,15,18H,1-2,5-6,9,11H2;2-6H2,1H3,(H,8,9);2H,1H3/b12-10+;;. The van der Waals surface area contributed by atoms with Crippen molar-refractivity contribution in [1.29, 1.82) is 0 Å². The molecule has 1 atom stereocenters. The first-order valence-electron chi connectivity index (χ1n) is 10.8. The Balaban J connectivity index is 0.000000606. The summed E-state index contributed by atoms with van der Waals surface area (Å²) in [7, 11) is 1.00. The zero-order chi connectivity index (χ0) is 21.9. The van der Waals surface area contributed by atoms with Crippen LogP contribution >= 0.6 is 0 Å². The molecule has 0 aromatic heterocycles. The van der Waals surface area contributed by atoms with Crippen molar-refractivity contribution in [2.75, 3.05) is 7.11 Å². The highest BCUT2D eigenvalue weighted by atomic mass is 19.1. The van der Waals surface area contributed by atoms with Crippen LogP contribution in [0.15, 0.2) is 30.3 Å². The quantitative estimate of drug-likeness (QED) is 0.425. The molecule has 0 saturated heterocycles. The molecule has 1 fully saturated rings. The summed E-state index contributed by atoms with van der Waals surface area (Å²) in [5.41, 5.74) is 0.539. The van der Waals surface area contributed by atoms with E-state index in [2.05, 4.69) is 6.92 Å². The maximum atomic E-state index is 13.3. The van der Waals surface area contributed by atoms with Gasteiger partial charge in [0.2, 0.25) is 0 Å². The minimum absolute atomic E-state index is 0.239. The Hall–Kier alpha value is -1.72. The van der Waals surface area contributed by atoms with Crippen LogP contribution in [0.25, 0.3) is 6.08 Å². The molecule has 1 aromatic carbocycles. The summed E-state index contributed by atoms with van der Waals surface area (Å²) in [6.45, 7) is 2.11. The van der Waals surface area contributed by atoms with Crippen molar-refractivity contribution in [3.05, 3.63) is 41.7 Å². The molecule has 1 aliphatic carbocycles. The minimum Gasteiger partial charge on any atom is -0.481 e. The third-order valence-electron chi connectivity index (χ3n) is 4.99. The van der Waals surface area contributed by atoms with Crippen LogP contribution < -0.4 is 0 Å². The average molecular weight is 411 g/mol. The first-order chi connectivity index (χ1) is 14.0. The van der Waals surface area contributed by atoms with Crippen LogP contribution in [0.4, 0.5) is 4.39 Å². The summed E-state index contributed by atoms with van der Waals surface area (Å²) in [6, 6.07) is 6.62. The van der Waals surface area contributed by atoms with Crippen molar-refractivity contribution in [1.82, 2.24) is 0 Å². The van der Waals surface area contributed by atoms with E-state index in [0.717, 1.165) is 45.1 Å². The van der Waals surface area contributed by atoms with E-state index in [0.29, 0.717) is 12.0 Å². The Morgan fingerprint density at radius 2 is 1.83 bits per heavy atom. The van der Waals surface area contributed by atoms with Crippen molar-refractivity contribution >= 4 is 12.0 Å². The SMILES string of the molecule is CCCCCCC(=O)O.CO.OC(/C=C/c1ccccc1F)CCC1CCCC1. The molecule has 1 aromatic rings. The number of aliphatic hydroxyl groups is 2. The van der Waals surface area contributed by atoms with Crippen LogP contribution in [-0.4, -0.2) is 34.5 Å². The van der Waals surface area contributed by atoms with Gasteiger partial charge in [-0.25, -0.2) is 4.39 Å². The van der Waals surface area contributed by atoms with E-state index < -0.39 is 12.1 Å². The second-order valence-corrected chi connectivity index (χ2v) is 7.38. The van der Waals surface area contributed by atoms with Crippen LogP contribution in [0, 0.1) is 11.7 Å². The zero-order valence-electron chi connectivity index (χ0n) is 18.0. The molecule has 1 saturated carbocycles. The van der Waals surface area contributed by atoms with Crippen molar-refractivity contribution in [2.45, 2.75) is 83.7 Å². The second kappa shape index (κ2) is 18.3. The number of carbonyl (C=O) groups is 1. The minimum atomic E-state index is -0.675. The summed E-state index contributed by atoms with van der Waals surface area (Å²) >= 11 is 0. The van der Waals surface area contributed by atoms with Gasteiger partial charge in [0, 0.05) is 19.1 Å². The Bertz CT molecular complexity index is 554. The van der Waals surface area contributed by atoms with Crippen LogP contribution in [0.1, 0.15) is 83.1 Å². The summed E-state index contributed by atoms with van der Waals surface area (Å²) < 4.78 is 13.3. The van der Waals surface area contributed by atoms with Crippen LogP contribution in [-0.2, 0) is 4.79 Å². The highest BCUT2D eigenvalue weighted by Crippen LogP contribution is 2.29. The summed E-state index contributed by atoms with van der Waals surface area (Å²) in [6.07, 6.45) is 14.6. The molecule has 0 heterocycles. The topological polar surface area (TPSA) is 77.8 Å². The predicted octanol–water partition coefficient (Wildman–Crippen LogP) is 5.82. The van der Waals surface area contributed by atoms with E-state index in [1.165, 1.54) is 38.2 Å². The number of benzene rings is 1. The number of carboxylic acids is 1. The molecule has 166 valence electrons. The predicted molar refractivity (Wildman–Crippen MR) is 117 cm³/mol. The van der Waals surface area contributed by atoms with Crippen LogP contribution in [0.5, 0.6) is 0 Å². The fraction of sp³-hybridized carbons (Fsp3) is 0.625. The maximum absolute atomic E-state index is 13.3. The van der Waals surface area contributed by atoms with E-state index in [1.54, 1.807) is 30.4 Å². The Kier molecular flexibility index (Phi) is 17.2. The van der Waals surface area contributed by atoms with Crippen molar-refractivity contribution < 1.29 is 24.5 Å². The third kappa shape index (κ3) is 14.9. The molecule has 0 spiro atoms. The summed E-state index contributed by atoms with van der Waals surface area (Å²) in [5, 5.41) is 25.1. The van der Waals surface area contributed by atoms with Gasteiger partial charge in [-0.15, -0.1) is 0 Å². The van der Waals surface area contributed by atoms with Gasteiger partial charge < -0.3 is 15.3 Å². The van der Waals surface area contributed by atoms with Gasteiger partial charge in [-0.3, -0.25) is 4.79 Å². The van der Waals surface area contributed by atoms with Gasteiger partial charge in [0.15, 0.2) is 0 Å². The van der Waals surface area contributed by atoms with E-state index in [9.17, 15) is 14.3 Å². The number of carboxylic acid groups (broad SMARTS) is 1. The monoisotopic (exact) mass is 410 g/mol. The molecule has 0 aliphatic heterocycles. The van der Waals surface area contributed by atoms with Crippen LogP contribution in [0.2, 0.25) is 0 Å². The first kappa shape index (κ1) is 27.3. The Morgan fingerprint density at radius 3 is 2.41 bits per heavy atom. The molecule has 3 N–H and O–H groups in total. The van der Waals surface area contributed by atoms with Gasteiger partial charge in [0.05, 0.1) is 6.10 Å².